The van der Waals surface area contributed by atoms with Gasteiger partial charge in [-0.1, -0.05) is 69.7 Å². The first kappa shape index (κ1) is 68.9. The number of piperidine rings is 1. The number of hydrogen-bond donors (Lipinski definition) is 3. The van der Waals surface area contributed by atoms with E-state index in [1.165, 1.54) is 20.5 Å². The predicted molar refractivity (Wildman–Crippen MR) is 301 cm³/mol. The van der Waals surface area contributed by atoms with Crippen molar-refractivity contribution >= 4 is 49.1 Å². The number of aliphatic hydroxyl groups is 2. The quantitative estimate of drug-likeness (QED) is 0.0677. The number of sulfonamides is 1. The van der Waals surface area contributed by atoms with Crippen LogP contribution in [0.5, 0.6) is 0 Å². The molecule has 7 unspecified atom stereocenters. The molecular weight excluding hydrogens is 1080 g/mol. The lowest BCUT2D eigenvalue weighted by Crippen LogP contribution is -2.61. The minimum atomic E-state index is -3.96. The Kier molecular flexibility index (Phi) is 28.5. The van der Waals surface area contributed by atoms with Crippen LogP contribution < -0.4 is 4.72 Å². The molecule has 22 heteroatoms. The molecule has 20 nitrogen and oxygen atoms in total. The second-order valence-electron chi connectivity index (χ2n) is 22.7. The van der Waals surface area contributed by atoms with E-state index in [-0.39, 0.29) is 99.9 Å². The summed E-state index contributed by atoms with van der Waals surface area (Å²) < 4.78 is 93.7. The highest BCUT2D eigenvalue weighted by molar-refractivity contribution is 7.90. The van der Waals surface area contributed by atoms with Crippen LogP contribution in [0, 0.1) is 29.6 Å². The lowest BCUT2D eigenvalue weighted by atomic mass is 9.78. The Bertz CT molecular complexity index is 2390. The lowest BCUT2D eigenvalue weighted by Gasteiger charge is -2.43. The summed E-state index contributed by atoms with van der Waals surface area (Å²) >= 11 is 0. The maximum atomic E-state index is 14.6. The zero-order chi connectivity index (χ0) is 59.4. The number of Topliss-reactive ketones (excluding diaryl/α,β-unsaturated/α-hetero) is 3. The van der Waals surface area contributed by atoms with Gasteiger partial charge in [-0.2, -0.15) is 0 Å². The second kappa shape index (κ2) is 33.1. The second-order valence-corrected chi connectivity index (χ2v) is 26.8. The van der Waals surface area contributed by atoms with E-state index >= 15 is 0 Å². The monoisotopic (exact) mass is 1170 g/mol. The topological polar surface area (TPSA) is 274 Å². The molecule has 0 radical (unpaired) electrons. The van der Waals surface area contributed by atoms with Gasteiger partial charge in [0.25, 0.3) is 11.7 Å². The number of carbonyl (C=O) groups is 5. The third-order valence-corrected chi connectivity index (χ3v) is 18.6. The largest absolute Gasteiger partial charge is 0.460 e. The SMILES string of the molecule is COCCOCCS(=O)(=O)NC1C[C@H]2CC[C@H](C)[C@](O)(O2)C(=O)C(=O)N2CCCCC2C(=O)OC([C@H](C)C[C@@H]2CC[C@@H](OCCCS(C)(=O)=O)[C@H](OC)C2)CC(=O)C(C)/C=C(\C)C(O)C(OC)C(=O)C(C)CC/C=C/C=C/C=C/1C. The van der Waals surface area contributed by atoms with Gasteiger partial charge < -0.3 is 48.3 Å². The van der Waals surface area contributed by atoms with Gasteiger partial charge in [-0.3, -0.25) is 19.2 Å². The third-order valence-electron chi connectivity index (χ3n) is 16.2. The zero-order valence-electron chi connectivity index (χ0n) is 49.0. The van der Waals surface area contributed by atoms with E-state index in [1.807, 2.05) is 13.0 Å². The summed E-state index contributed by atoms with van der Waals surface area (Å²) in [5.74, 6) is -9.38. The fourth-order valence-corrected chi connectivity index (χ4v) is 12.9. The van der Waals surface area contributed by atoms with E-state index in [0.717, 1.165) is 4.90 Å². The molecule has 3 aliphatic heterocycles. The molecule has 14 atom stereocenters. The summed E-state index contributed by atoms with van der Waals surface area (Å²) in [5, 5.41) is 23.7. The number of aliphatic hydroxyl groups excluding tert-OH is 1. The summed E-state index contributed by atoms with van der Waals surface area (Å²) in [6.45, 7) is 10.9. The van der Waals surface area contributed by atoms with Crippen molar-refractivity contribution in [2.45, 2.75) is 186 Å². The van der Waals surface area contributed by atoms with Gasteiger partial charge >= 0.3 is 5.97 Å². The maximum absolute atomic E-state index is 14.6. The average molecular weight is 1170 g/mol. The molecule has 4 rings (SSSR count). The van der Waals surface area contributed by atoms with E-state index in [9.17, 15) is 51.0 Å². The number of hydrogen-bond acceptors (Lipinski definition) is 18. The number of cyclic esters (lactones) is 1. The molecule has 3 heterocycles. The van der Waals surface area contributed by atoms with Crippen LogP contribution >= 0.6 is 0 Å². The van der Waals surface area contributed by atoms with Crippen LogP contribution in [0.25, 0.3) is 0 Å². The molecule has 3 N–H and O–H groups in total. The maximum Gasteiger partial charge on any atom is 0.329 e. The van der Waals surface area contributed by atoms with Gasteiger partial charge in [0.1, 0.15) is 40.0 Å². The van der Waals surface area contributed by atoms with Gasteiger partial charge in [0.15, 0.2) is 5.78 Å². The van der Waals surface area contributed by atoms with Crippen LogP contribution in [-0.2, 0) is 77.0 Å². The van der Waals surface area contributed by atoms with Crippen molar-refractivity contribution in [2.75, 3.05) is 72.1 Å². The number of rotatable bonds is 18. The summed E-state index contributed by atoms with van der Waals surface area (Å²) in [6.07, 6.45) is 11.7. The normalized spacial score (nSPS) is 34.5. The van der Waals surface area contributed by atoms with Crippen LogP contribution in [0.3, 0.4) is 0 Å². The van der Waals surface area contributed by atoms with Crippen LogP contribution in [0.1, 0.15) is 131 Å². The van der Waals surface area contributed by atoms with E-state index in [4.69, 9.17) is 33.2 Å². The number of esters is 1. The van der Waals surface area contributed by atoms with Gasteiger partial charge in [0.2, 0.25) is 15.8 Å². The summed E-state index contributed by atoms with van der Waals surface area (Å²) in [7, 11) is -2.66. The first-order valence-corrected chi connectivity index (χ1v) is 32.3. The molecule has 1 amide bonds. The number of allylic oxidation sites excluding steroid dienone is 6. The van der Waals surface area contributed by atoms with Crippen molar-refractivity contribution in [3.8, 4) is 0 Å². The smallest absolute Gasteiger partial charge is 0.329 e. The van der Waals surface area contributed by atoms with Gasteiger partial charge in [-0.05, 0) is 115 Å². The number of ether oxygens (including phenoxy) is 7. The number of nitrogens with one attached hydrogen (secondary N) is 1. The highest BCUT2D eigenvalue weighted by Crippen LogP contribution is 2.38. The number of fused-ring (bicyclic) bond motifs is 3. The molecule has 456 valence electrons. The van der Waals surface area contributed by atoms with Crippen LogP contribution in [0.4, 0.5) is 0 Å². The third kappa shape index (κ3) is 21.3. The molecule has 1 aliphatic carbocycles. The molecular formula is C58H94N2O18S2. The van der Waals surface area contributed by atoms with Crippen LogP contribution in [-0.4, -0.2) is 188 Å². The summed E-state index contributed by atoms with van der Waals surface area (Å²) in [6, 6.07) is -2.13. The Hall–Kier alpha value is -3.55. The van der Waals surface area contributed by atoms with Crippen LogP contribution in [0.2, 0.25) is 0 Å². The van der Waals surface area contributed by atoms with Crippen molar-refractivity contribution in [3.05, 3.63) is 47.6 Å². The standard InChI is InChI=1S/C58H94N2O18S2/c1-38-19-14-12-11-13-15-20-39(2)52(62)54(74-9)53(63)42(5)33-40(3)48(61)37-50(41(4)34-44-23-25-49(51(35-44)73-8)76-27-18-31-79(10,68)69)77-57(66)47-21-16-17-26-60(47)56(65)55(64)58(67)43(6)22-24-45(78-58)36-46(38)59-80(70,71)32-30-75-29-28-72-7/h11-14,19,33,39-41,43-47,49-51,53-54,59,63,67H,15-18,20-32,34-37H2,1-10H3/b13-11+,14-12+,38-19+,42-33+/t39?,40?,41-,43+,44+,45-,46?,47?,49-,50?,51-,53?,54?,58+/m1/s1. The fourth-order valence-electron chi connectivity index (χ4n) is 11.1. The first-order valence-electron chi connectivity index (χ1n) is 28.6. The number of sulfone groups is 1. The lowest BCUT2D eigenvalue weighted by molar-refractivity contribution is -0.264. The van der Waals surface area contributed by atoms with Gasteiger partial charge in [-0.15, -0.1) is 0 Å². The molecule has 0 aromatic carbocycles. The molecule has 4 aliphatic rings. The Labute approximate surface area is 476 Å². The molecule has 2 saturated heterocycles. The van der Waals surface area contributed by atoms with Gasteiger partial charge in [0.05, 0.1) is 49.6 Å². The van der Waals surface area contributed by atoms with Gasteiger partial charge in [-0.25, -0.2) is 26.4 Å². The average Bonchev–Trinajstić information content (AvgIpc) is 3.41. The Balaban J connectivity index is 1.70. The number of ketones is 3. The number of methoxy groups -OCH3 is 3. The molecule has 0 aromatic rings. The van der Waals surface area contributed by atoms with Crippen molar-refractivity contribution < 1.29 is 84.2 Å². The molecule has 1 saturated carbocycles. The minimum Gasteiger partial charge on any atom is -0.460 e. The van der Waals surface area contributed by atoms with Gasteiger partial charge in [0, 0.05) is 71.0 Å². The highest BCUT2D eigenvalue weighted by Gasteiger charge is 2.53. The number of nitrogens with zero attached hydrogens (tertiary/aromatic N) is 1. The Morgan fingerprint density at radius 2 is 1.57 bits per heavy atom. The summed E-state index contributed by atoms with van der Waals surface area (Å²) in [4.78, 5) is 72.9. The minimum absolute atomic E-state index is 0.00569. The van der Waals surface area contributed by atoms with E-state index in [0.29, 0.717) is 75.4 Å². The molecule has 80 heavy (non-hydrogen) atoms. The molecule has 3 fully saturated rings. The highest BCUT2D eigenvalue weighted by atomic mass is 32.2. The molecule has 0 aromatic heterocycles. The van der Waals surface area contributed by atoms with Crippen LogP contribution in [0.15, 0.2) is 47.6 Å². The Morgan fingerprint density at radius 3 is 2.26 bits per heavy atom. The molecule has 2 bridgehead atoms. The van der Waals surface area contributed by atoms with Crippen molar-refractivity contribution in [3.63, 3.8) is 0 Å². The van der Waals surface area contributed by atoms with E-state index < -0.39 is 103 Å². The van der Waals surface area contributed by atoms with Crippen molar-refractivity contribution in [1.82, 2.24) is 9.62 Å². The summed E-state index contributed by atoms with van der Waals surface area (Å²) in [5.41, 5.74) is 0.920. The van der Waals surface area contributed by atoms with Crippen molar-refractivity contribution in [2.24, 2.45) is 29.6 Å². The van der Waals surface area contributed by atoms with E-state index in [2.05, 4.69) is 4.72 Å². The number of amides is 1. The van der Waals surface area contributed by atoms with E-state index in [1.54, 1.807) is 72.1 Å². The first-order chi connectivity index (χ1) is 37.7. The fraction of sp³-hybridized carbons (Fsp3) is 0.776. The van der Waals surface area contributed by atoms with Crippen molar-refractivity contribution in [1.29, 1.82) is 0 Å². The zero-order valence-corrected chi connectivity index (χ0v) is 50.6. The predicted octanol–water partition coefficient (Wildman–Crippen LogP) is 5.33. The Morgan fingerprint density at radius 1 is 0.838 bits per heavy atom. The number of carbonyl (C=O) groups excluding carboxylic acids is 5. The molecule has 0 spiro atoms.